The molecule has 2 N–H and O–H groups in total. The zero-order valence-electron chi connectivity index (χ0n) is 13.9. The zero-order valence-corrected chi connectivity index (χ0v) is 14.6. The first kappa shape index (κ1) is 19.1. The molecule has 2 aromatic rings. The molecule has 0 spiro atoms. The van der Waals surface area contributed by atoms with Gasteiger partial charge >= 0.3 is 5.97 Å². The average molecular weight is 374 g/mol. The van der Waals surface area contributed by atoms with E-state index in [-0.39, 0.29) is 12.5 Å². The molecule has 0 atom stereocenters. The first-order valence-electron chi connectivity index (χ1n) is 7.53. The van der Waals surface area contributed by atoms with Gasteiger partial charge in [0.25, 0.3) is 11.8 Å². The molecule has 0 heterocycles. The number of rotatable bonds is 6. The molecule has 2 rings (SSSR count). The number of halogens is 1. The molecule has 26 heavy (non-hydrogen) atoms. The number of hydrogen-bond acceptors (Lipinski definition) is 5. The fourth-order valence-electron chi connectivity index (χ4n) is 1.91. The third-order valence-corrected chi connectivity index (χ3v) is 3.50. The van der Waals surface area contributed by atoms with Crippen molar-refractivity contribution in [1.29, 1.82) is 0 Å². The molecule has 2 amide bonds. The van der Waals surface area contributed by atoms with E-state index in [0.717, 1.165) is 0 Å². The minimum absolute atomic E-state index is 0.222. The third kappa shape index (κ3) is 5.71. The highest BCUT2D eigenvalue weighted by molar-refractivity contribution is 6.30. The Morgan fingerprint density at radius 3 is 2.27 bits per heavy atom. The molecule has 0 saturated carbocycles. The lowest BCUT2D eigenvalue weighted by molar-refractivity contribution is -0.120. The van der Waals surface area contributed by atoms with Gasteiger partial charge < -0.3 is 10.1 Å². The summed E-state index contributed by atoms with van der Waals surface area (Å²) in [6.07, 6.45) is 1.42. The van der Waals surface area contributed by atoms with Gasteiger partial charge in [-0.2, -0.15) is 5.10 Å². The van der Waals surface area contributed by atoms with Crippen molar-refractivity contribution in [2.75, 3.05) is 13.7 Å². The van der Waals surface area contributed by atoms with Crippen molar-refractivity contribution in [3.8, 4) is 0 Å². The van der Waals surface area contributed by atoms with Gasteiger partial charge in [-0.25, -0.2) is 10.2 Å². The molecule has 0 unspecified atom stereocenters. The minimum atomic E-state index is -0.477. The number of nitrogens with one attached hydrogen (secondary N) is 2. The predicted molar refractivity (Wildman–Crippen MR) is 97.3 cm³/mol. The largest absolute Gasteiger partial charge is 0.465 e. The highest BCUT2D eigenvalue weighted by Crippen LogP contribution is 2.09. The van der Waals surface area contributed by atoms with Crippen molar-refractivity contribution in [3.05, 3.63) is 70.2 Å². The Balaban J connectivity index is 1.79. The minimum Gasteiger partial charge on any atom is -0.465 e. The van der Waals surface area contributed by atoms with E-state index in [0.29, 0.717) is 21.7 Å². The summed E-state index contributed by atoms with van der Waals surface area (Å²) in [5.41, 5.74) is 3.80. The molecule has 2 aromatic carbocycles. The zero-order chi connectivity index (χ0) is 18.9. The van der Waals surface area contributed by atoms with Gasteiger partial charge in [0.15, 0.2) is 0 Å². The fourth-order valence-corrected chi connectivity index (χ4v) is 2.03. The van der Waals surface area contributed by atoms with Crippen molar-refractivity contribution in [2.45, 2.75) is 0 Å². The normalized spacial score (nSPS) is 10.4. The van der Waals surface area contributed by atoms with E-state index >= 15 is 0 Å². The van der Waals surface area contributed by atoms with Crippen LogP contribution in [0.25, 0.3) is 0 Å². The Bertz CT molecular complexity index is 817. The summed E-state index contributed by atoms with van der Waals surface area (Å²) >= 11 is 5.75. The van der Waals surface area contributed by atoms with Gasteiger partial charge in [0.05, 0.1) is 25.4 Å². The Morgan fingerprint density at radius 2 is 1.65 bits per heavy atom. The number of carbonyl (C=O) groups excluding carboxylic acids is 3. The van der Waals surface area contributed by atoms with E-state index in [2.05, 4.69) is 20.6 Å². The van der Waals surface area contributed by atoms with Crippen molar-refractivity contribution in [1.82, 2.24) is 10.7 Å². The number of hydrazone groups is 1. The molecule has 0 aromatic heterocycles. The number of nitrogens with zero attached hydrogens (tertiary/aromatic N) is 1. The topological polar surface area (TPSA) is 96.9 Å². The van der Waals surface area contributed by atoms with Gasteiger partial charge in [0.2, 0.25) is 0 Å². The second-order valence-corrected chi connectivity index (χ2v) is 5.53. The van der Waals surface area contributed by atoms with Gasteiger partial charge in [-0.15, -0.1) is 0 Å². The highest BCUT2D eigenvalue weighted by atomic mass is 35.5. The molecular weight excluding hydrogens is 358 g/mol. The summed E-state index contributed by atoms with van der Waals surface area (Å²) in [7, 11) is 1.30. The van der Waals surface area contributed by atoms with Crippen LogP contribution in [0.1, 0.15) is 26.3 Å². The number of esters is 1. The predicted octanol–water partition coefficient (Wildman–Crippen LogP) is 2.01. The monoisotopic (exact) mass is 373 g/mol. The van der Waals surface area contributed by atoms with E-state index in [4.69, 9.17) is 11.6 Å². The molecule has 134 valence electrons. The highest BCUT2D eigenvalue weighted by Gasteiger charge is 2.07. The lowest BCUT2D eigenvalue weighted by Gasteiger charge is -2.04. The Morgan fingerprint density at radius 1 is 1.04 bits per heavy atom. The molecule has 0 aliphatic heterocycles. The quantitative estimate of drug-likeness (QED) is 0.460. The number of ether oxygens (including phenoxy) is 1. The summed E-state index contributed by atoms with van der Waals surface area (Å²) in [4.78, 5) is 34.9. The maximum absolute atomic E-state index is 11.9. The molecule has 0 saturated heterocycles. The molecule has 0 aliphatic carbocycles. The van der Waals surface area contributed by atoms with Crippen molar-refractivity contribution in [2.24, 2.45) is 5.10 Å². The van der Waals surface area contributed by atoms with Crippen LogP contribution in [0.2, 0.25) is 5.02 Å². The van der Waals surface area contributed by atoms with E-state index in [1.54, 1.807) is 48.5 Å². The van der Waals surface area contributed by atoms with Crippen LogP contribution in [0, 0.1) is 0 Å². The van der Waals surface area contributed by atoms with Crippen LogP contribution in [0.5, 0.6) is 0 Å². The average Bonchev–Trinajstić information content (AvgIpc) is 2.66. The summed E-state index contributed by atoms with van der Waals surface area (Å²) in [6.45, 7) is -0.222. The maximum Gasteiger partial charge on any atom is 0.337 e. The molecule has 0 aliphatic rings. The Hall–Kier alpha value is -3.19. The molecule has 7 nitrogen and oxygen atoms in total. The molecular formula is C18H16ClN3O4. The van der Waals surface area contributed by atoms with Crippen LogP contribution in [-0.2, 0) is 9.53 Å². The smallest absolute Gasteiger partial charge is 0.337 e. The van der Waals surface area contributed by atoms with Gasteiger partial charge in [0, 0.05) is 10.6 Å². The Labute approximate surface area is 155 Å². The van der Waals surface area contributed by atoms with E-state index in [1.807, 2.05) is 0 Å². The number of benzene rings is 2. The van der Waals surface area contributed by atoms with E-state index < -0.39 is 11.9 Å². The van der Waals surface area contributed by atoms with E-state index in [9.17, 15) is 14.4 Å². The standard InChI is InChI=1S/C18H16ClN3O4/c1-26-18(25)14-4-2-12(3-5-14)10-21-22-16(23)11-20-17(24)13-6-8-15(19)9-7-13/h2-10H,11H2,1H3,(H,20,24)(H,22,23)/b21-10+. The van der Waals surface area contributed by atoms with Gasteiger partial charge in [-0.1, -0.05) is 23.7 Å². The lowest BCUT2D eigenvalue weighted by Crippen LogP contribution is -2.34. The molecule has 8 heteroatoms. The fraction of sp³-hybridized carbons (Fsp3) is 0.111. The molecule has 0 bridgehead atoms. The number of carbonyl (C=O) groups is 3. The van der Waals surface area contributed by atoms with Crippen LogP contribution >= 0.6 is 11.6 Å². The maximum atomic E-state index is 11.9. The number of hydrogen-bond donors (Lipinski definition) is 2. The van der Waals surface area contributed by atoms with Gasteiger partial charge in [0.1, 0.15) is 0 Å². The van der Waals surface area contributed by atoms with Crippen LogP contribution in [0.15, 0.2) is 53.6 Å². The summed E-state index contributed by atoms with van der Waals surface area (Å²) in [6, 6.07) is 12.8. The van der Waals surface area contributed by atoms with Crippen LogP contribution in [0.3, 0.4) is 0 Å². The summed E-state index contributed by atoms with van der Waals surface area (Å²) in [5, 5.41) is 6.78. The third-order valence-electron chi connectivity index (χ3n) is 3.25. The second-order valence-electron chi connectivity index (χ2n) is 5.10. The Kier molecular flexibility index (Phi) is 6.87. The second kappa shape index (κ2) is 9.33. The summed E-state index contributed by atoms with van der Waals surface area (Å²) < 4.78 is 4.60. The van der Waals surface area contributed by atoms with Crippen molar-refractivity contribution < 1.29 is 19.1 Å². The van der Waals surface area contributed by atoms with Crippen LogP contribution in [-0.4, -0.2) is 37.7 Å². The van der Waals surface area contributed by atoms with Crippen LogP contribution < -0.4 is 10.7 Å². The number of methoxy groups -OCH3 is 1. The molecule has 0 fully saturated rings. The lowest BCUT2D eigenvalue weighted by atomic mass is 10.1. The first-order chi connectivity index (χ1) is 12.5. The van der Waals surface area contributed by atoms with Crippen molar-refractivity contribution in [3.63, 3.8) is 0 Å². The molecule has 0 radical (unpaired) electrons. The van der Waals surface area contributed by atoms with Crippen LogP contribution in [0.4, 0.5) is 0 Å². The van der Waals surface area contributed by atoms with Gasteiger partial charge in [-0.05, 0) is 42.0 Å². The van der Waals surface area contributed by atoms with E-state index in [1.165, 1.54) is 13.3 Å². The van der Waals surface area contributed by atoms with Gasteiger partial charge in [-0.3, -0.25) is 9.59 Å². The number of amides is 2. The summed E-state index contributed by atoms with van der Waals surface area (Å²) in [5.74, 6) is -1.30. The van der Waals surface area contributed by atoms with Crippen molar-refractivity contribution >= 4 is 35.6 Å². The first-order valence-corrected chi connectivity index (χ1v) is 7.91. The SMILES string of the molecule is COC(=O)c1ccc(/C=N/NC(=O)CNC(=O)c2ccc(Cl)cc2)cc1.